The van der Waals surface area contributed by atoms with Crippen molar-refractivity contribution >= 4 is 77.7 Å². The van der Waals surface area contributed by atoms with Gasteiger partial charge in [-0.15, -0.1) is 11.8 Å². The average molecular weight is 735 g/mol. The summed E-state index contributed by atoms with van der Waals surface area (Å²) in [6.45, 7) is 4.98. The summed E-state index contributed by atoms with van der Waals surface area (Å²) in [5.74, 6) is -1.92. The minimum Gasteiger partial charge on any atom is -0.376 e. The molecule has 1 unspecified atom stereocenters. The number of nitrogens with zero attached hydrogens (tertiary/aromatic N) is 3. The number of rotatable bonds is 9. The molecule has 5 heterocycles. The van der Waals surface area contributed by atoms with Crippen LogP contribution in [0.1, 0.15) is 61.0 Å². The molecule has 0 aliphatic carbocycles. The number of carbonyl (C=O) groups is 5. The lowest BCUT2D eigenvalue weighted by molar-refractivity contribution is -0.139. The van der Waals surface area contributed by atoms with Crippen molar-refractivity contribution in [2.75, 3.05) is 36.8 Å². The van der Waals surface area contributed by atoms with Crippen molar-refractivity contribution in [3.8, 4) is 0 Å². The maximum atomic E-state index is 13.4. The first kappa shape index (κ1) is 34.6. The van der Waals surface area contributed by atoms with Crippen molar-refractivity contribution in [1.82, 2.24) is 19.4 Å². The SMILES string of the molecule is CC1(C)CC(=[Si])CCN1S(=O)(=O)Cc1cccc(NC(=O)C2CN(C(=O)CNc3cccc4c3CN([C@]35CCC(=O)NC(=O)C3S5)C4=O)C2)c1. The van der Waals surface area contributed by atoms with Crippen LogP contribution in [0.5, 0.6) is 0 Å². The van der Waals surface area contributed by atoms with Gasteiger partial charge in [-0.05, 0) is 62.9 Å². The molecule has 4 fully saturated rings. The number of imide groups is 1. The highest BCUT2D eigenvalue weighted by Crippen LogP contribution is 2.61. The fourth-order valence-corrected chi connectivity index (χ4v) is 11.3. The standard InChI is InChI=1S/C34H38N6O7S2Si/c1-33(2)14-23(50)10-12-40(33)49(46,47)19-20-5-3-6-22(13-20)36-30(43)21-16-38(17-21)28(42)15-35-26-8-4-7-24-25(26)18-39(32(24)45)34-11-9-27(41)37-31(44)29(34)48-34/h3-8,13,21,29,35H,9-12,14-19H2,1-2H3,(H,36,43)(H,37,41,44)/t29?,34-/m0/s1. The molecule has 0 spiro atoms. The Bertz CT molecular complexity index is 1950. The van der Waals surface area contributed by atoms with Crippen LogP contribution in [0.2, 0.25) is 0 Å². The first-order valence-corrected chi connectivity index (χ1v) is 19.6. The van der Waals surface area contributed by atoms with Gasteiger partial charge in [-0.3, -0.25) is 29.3 Å². The summed E-state index contributed by atoms with van der Waals surface area (Å²) >= 11 is 1.39. The Morgan fingerprint density at radius 3 is 2.60 bits per heavy atom. The van der Waals surface area contributed by atoms with E-state index in [9.17, 15) is 32.4 Å². The van der Waals surface area contributed by atoms with Crippen LogP contribution in [0.25, 0.3) is 0 Å². The molecule has 0 bridgehead atoms. The van der Waals surface area contributed by atoms with E-state index in [1.165, 1.54) is 11.8 Å². The number of likely N-dealkylation sites (tertiary alicyclic amines) is 1. The number of hydrogen-bond acceptors (Lipinski definition) is 9. The van der Waals surface area contributed by atoms with Crippen LogP contribution in [-0.2, 0) is 41.5 Å². The molecule has 2 radical (unpaired) electrons. The smallest absolute Gasteiger partial charge is 0.255 e. The summed E-state index contributed by atoms with van der Waals surface area (Å²) in [6, 6.07) is 12.1. The molecular weight excluding hydrogens is 697 g/mol. The molecule has 16 heteroatoms. The summed E-state index contributed by atoms with van der Waals surface area (Å²) in [4.78, 5) is 66.4. The minimum absolute atomic E-state index is 0.0301. The Morgan fingerprint density at radius 2 is 1.84 bits per heavy atom. The Balaban J connectivity index is 0.909. The largest absolute Gasteiger partial charge is 0.376 e. The second-order valence-electron chi connectivity index (χ2n) is 14.2. The highest BCUT2D eigenvalue weighted by atomic mass is 32.2. The van der Waals surface area contributed by atoms with Crippen molar-refractivity contribution in [3.05, 3.63) is 59.2 Å². The molecule has 5 amide bonds. The van der Waals surface area contributed by atoms with Gasteiger partial charge in [0.1, 0.15) is 10.1 Å². The molecule has 2 aromatic rings. The highest BCUT2D eigenvalue weighted by molar-refractivity contribution is 8.09. The van der Waals surface area contributed by atoms with Crippen LogP contribution in [0.15, 0.2) is 42.5 Å². The number of fused-ring (bicyclic) bond motifs is 2. The number of benzene rings is 2. The number of hydrogen-bond donors (Lipinski definition) is 3. The van der Waals surface area contributed by atoms with Gasteiger partial charge in [0.2, 0.25) is 33.7 Å². The first-order chi connectivity index (χ1) is 23.7. The van der Waals surface area contributed by atoms with Crippen LogP contribution in [0, 0.1) is 5.92 Å². The zero-order chi connectivity index (χ0) is 35.6. The van der Waals surface area contributed by atoms with E-state index in [0.717, 1.165) is 10.7 Å². The van der Waals surface area contributed by atoms with Gasteiger partial charge in [0.15, 0.2) is 0 Å². The molecule has 0 aromatic heterocycles. The molecule has 4 saturated heterocycles. The summed E-state index contributed by atoms with van der Waals surface area (Å²) in [5, 5.41) is 9.04. The predicted molar refractivity (Wildman–Crippen MR) is 190 cm³/mol. The number of nitrogens with one attached hydrogen (secondary N) is 3. The van der Waals surface area contributed by atoms with E-state index in [1.807, 2.05) is 13.8 Å². The normalized spacial score (nSPS) is 24.9. The van der Waals surface area contributed by atoms with Gasteiger partial charge < -0.3 is 20.4 Å². The van der Waals surface area contributed by atoms with Gasteiger partial charge in [0, 0.05) is 64.0 Å². The average Bonchev–Trinajstić information content (AvgIpc) is 3.68. The topological polar surface area (TPSA) is 165 Å². The highest BCUT2D eigenvalue weighted by Gasteiger charge is 2.66. The Labute approximate surface area is 298 Å². The number of thioether (sulfide) groups is 1. The van der Waals surface area contributed by atoms with Crippen molar-refractivity contribution < 1.29 is 32.4 Å². The second kappa shape index (κ2) is 12.7. The van der Waals surface area contributed by atoms with Gasteiger partial charge >= 0.3 is 0 Å². The molecule has 2 aromatic carbocycles. The van der Waals surface area contributed by atoms with E-state index in [4.69, 9.17) is 0 Å². The number of carbonyl (C=O) groups excluding carboxylic acids is 5. The van der Waals surface area contributed by atoms with Crippen LogP contribution < -0.4 is 16.0 Å². The van der Waals surface area contributed by atoms with Crippen LogP contribution >= 0.6 is 11.8 Å². The number of sulfonamides is 1. The lowest BCUT2D eigenvalue weighted by Crippen LogP contribution is -2.55. The Morgan fingerprint density at radius 1 is 1.08 bits per heavy atom. The van der Waals surface area contributed by atoms with Crippen molar-refractivity contribution in [3.63, 3.8) is 0 Å². The third kappa shape index (κ3) is 6.42. The lowest BCUT2D eigenvalue weighted by atomic mass is 9.93. The Kier molecular flexibility index (Phi) is 8.80. The van der Waals surface area contributed by atoms with Gasteiger partial charge in [0.05, 0.1) is 24.8 Å². The van der Waals surface area contributed by atoms with Gasteiger partial charge in [-0.25, -0.2) is 8.42 Å². The van der Waals surface area contributed by atoms with E-state index in [-0.39, 0.29) is 67.9 Å². The summed E-state index contributed by atoms with van der Waals surface area (Å²) < 4.78 is 28.3. The van der Waals surface area contributed by atoms with Crippen molar-refractivity contribution in [2.24, 2.45) is 5.92 Å². The summed E-state index contributed by atoms with van der Waals surface area (Å²) in [6.07, 6.45) is 1.85. The molecule has 13 nitrogen and oxygen atoms in total. The predicted octanol–water partition coefficient (Wildman–Crippen LogP) is 1.44. The number of piperidine rings is 1. The van der Waals surface area contributed by atoms with E-state index in [2.05, 4.69) is 25.8 Å². The first-order valence-electron chi connectivity index (χ1n) is 16.6. The molecule has 5 aliphatic heterocycles. The summed E-state index contributed by atoms with van der Waals surface area (Å²) in [5.41, 5.74) is 2.42. The van der Waals surface area contributed by atoms with E-state index >= 15 is 0 Å². The van der Waals surface area contributed by atoms with Gasteiger partial charge in [-0.2, -0.15) is 4.31 Å². The molecular formula is C34H38N6O7S2Si. The van der Waals surface area contributed by atoms with Crippen molar-refractivity contribution in [2.45, 2.75) is 67.5 Å². The Hall–Kier alpha value is -3.86. The number of anilines is 2. The zero-order valence-electron chi connectivity index (χ0n) is 27.8. The third-order valence-electron chi connectivity index (χ3n) is 10.2. The second-order valence-corrected chi connectivity index (χ2v) is 18.2. The molecule has 3 N–H and O–H groups in total. The fraction of sp³-hybridized carbons (Fsp3) is 0.471. The molecule has 7 rings (SSSR count). The molecule has 5 aliphatic rings. The van der Waals surface area contributed by atoms with Crippen molar-refractivity contribution in [1.29, 1.82) is 0 Å². The molecule has 0 saturated carbocycles. The molecule has 50 heavy (non-hydrogen) atoms. The molecule has 2 atom stereocenters. The van der Waals surface area contributed by atoms with Crippen LogP contribution in [-0.4, -0.2) is 109 Å². The lowest BCUT2D eigenvalue weighted by Gasteiger charge is -2.42. The molecule has 262 valence electrons. The van der Waals surface area contributed by atoms with Crippen LogP contribution in [0.4, 0.5) is 11.4 Å². The van der Waals surface area contributed by atoms with E-state index < -0.39 is 31.6 Å². The zero-order valence-corrected chi connectivity index (χ0v) is 30.4. The fourth-order valence-electron chi connectivity index (χ4n) is 7.48. The third-order valence-corrected chi connectivity index (χ3v) is 14.3. The quantitative estimate of drug-likeness (QED) is 0.197. The van der Waals surface area contributed by atoms with Gasteiger partial charge in [-0.1, -0.05) is 23.4 Å². The maximum Gasteiger partial charge on any atom is 0.255 e. The monoisotopic (exact) mass is 734 g/mol. The summed E-state index contributed by atoms with van der Waals surface area (Å²) in [7, 11) is 0.000906. The van der Waals surface area contributed by atoms with E-state index in [1.54, 1.807) is 56.6 Å². The van der Waals surface area contributed by atoms with Crippen LogP contribution in [0.3, 0.4) is 0 Å². The number of amides is 5. The maximum absolute atomic E-state index is 13.4. The van der Waals surface area contributed by atoms with Gasteiger partial charge in [0.25, 0.3) is 5.91 Å². The minimum atomic E-state index is -3.60. The van der Waals surface area contributed by atoms with E-state index in [0.29, 0.717) is 48.3 Å².